The highest BCUT2D eigenvalue weighted by Crippen LogP contribution is 2.35. The van der Waals surface area contributed by atoms with Gasteiger partial charge in [-0.3, -0.25) is 0 Å². The van der Waals surface area contributed by atoms with Gasteiger partial charge in [-0.1, -0.05) is 55.5 Å². The van der Waals surface area contributed by atoms with Crippen molar-refractivity contribution in [2.24, 2.45) is 5.16 Å². The van der Waals surface area contributed by atoms with Gasteiger partial charge in [-0.05, 0) is 31.6 Å². The maximum atomic E-state index is 6.56. The highest BCUT2D eigenvalue weighted by molar-refractivity contribution is 6.45. The van der Waals surface area contributed by atoms with E-state index in [0.717, 1.165) is 39.0 Å². The Morgan fingerprint density at radius 2 is 1.93 bits per heavy atom. The number of rotatable bonds is 12. The minimum Gasteiger partial charge on any atom is -0.495 e. The predicted molar refractivity (Wildman–Crippen MR) is 120 cm³/mol. The Bertz CT molecular complexity index is 804. The van der Waals surface area contributed by atoms with Crippen molar-refractivity contribution in [2.75, 3.05) is 33.4 Å². The van der Waals surface area contributed by atoms with E-state index in [1.807, 2.05) is 12.3 Å². The van der Waals surface area contributed by atoms with Gasteiger partial charge in [-0.25, -0.2) is 4.98 Å². The highest BCUT2D eigenvalue weighted by atomic mass is 35.5. The number of aryl methyl sites for hydroxylation is 1. The predicted octanol–water partition coefficient (Wildman–Crippen LogP) is 5.11. The van der Waals surface area contributed by atoms with Gasteiger partial charge in [0.1, 0.15) is 17.4 Å². The van der Waals surface area contributed by atoms with Crippen molar-refractivity contribution in [3.63, 3.8) is 0 Å². The van der Waals surface area contributed by atoms with Crippen molar-refractivity contribution in [1.29, 1.82) is 0 Å². The van der Waals surface area contributed by atoms with Gasteiger partial charge in [-0.2, -0.15) is 0 Å². The SMILES string of the molecule is CCCCn1ccnc1/C(=N/OCCN(CC)CC)c1ccc(OC)c(Cl)c1Cl. The zero-order valence-corrected chi connectivity index (χ0v) is 19.1. The standard InChI is InChI=1S/C21H30Cl2N4O2/c1-5-8-12-27-13-11-24-21(27)20(25-29-15-14-26(6-2)7-3)16-9-10-17(28-4)19(23)18(16)22/h9-11,13H,5-8,12,14-15H2,1-4H3/b25-20+. The monoisotopic (exact) mass is 440 g/mol. The van der Waals surface area contributed by atoms with Crippen molar-refractivity contribution in [1.82, 2.24) is 14.5 Å². The van der Waals surface area contributed by atoms with Crippen LogP contribution in [-0.2, 0) is 11.4 Å². The van der Waals surface area contributed by atoms with Crippen LogP contribution in [0.4, 0.5) is 0 Å². The first-order chi connectivity index (χ1) is 14.1. The van der Waals surface area contributed by atoms with Crippen molar-refractivity contribution < 1.29 is 9.57 Å². The minimum atomic E-state index is 0.342. The van der Waals surface area contributed by atoms with E-state index in [-0.39, 0.29) is 0 Å². The number of nitrogens with zero attached hydrogens (tertiary/aromatic N) is 4. The number of likely N-dealkylation sites (N-methyl/N-ethyl adjacent to an activating group) is 1. The lowest BCUT2D eigenvalue weighted by Crippen LogP contribution is -2.26. The van der Waals surface area contributed by atoms with Crippen LogP contribution >= 0.6 is 23.2 Å². The number of methoxy groups -OCH3 is 1. The lowest BCUT2D eigenvalue weighted by atomic mass is 10.1. The molecule has 0 saturated carbocycles. The lowest BCUT2D eigenvalue weighted by molar-refractivity contribution is 0.114. The normalized spacial score (nSPS) is 11.9. The molecule has 0 amide bonds. The number of aromatic nitrogens is 2. The van der Waals surface area contributed by atoms with Gasteiger partial charge in [0.05, 0.1) is 12.1 Å². The van der Waals surface area contributed by atoms with Crippen LogP contribution in [0, 0.1) is 0 Å². The number of ether oxygens (including phenoxy) is 1. The molecule has 1 heterocycles. The molecule has 0 bridgehead atoms. The molecule has 0 N–H and O–H groups in total. The van der Waals surface area contributed by atoms with Crippen LogP contribution in [0.1, 0.15) is 45.0 Å². The molecule has 160 valence electrons. The van der Waals surface area contributed by atoms with Crippen LogP contribution in [-0.4, -0.2) is 53.5 Å². The Morgan fingerprint density at radius 3 is 2.59 bits per heavy atom. The summed E-state index contributed by atoms with van der Waals surface area (Å²) in [6.45, 7) is 10.5. The molecule has 2 rings (SSSR count). The van der Waals surface area contributed by atoms with E-state index in [1.54, 1.807) is 19.4 Å². The van der Waals surface area contributed by atoms with E-state index >= 15 is 0 Å². The number of oxime groups is 1. The summed E-state index contributed by atoms with van der Waals surface area (Å²) in [4.78, 5) is 12.5. The molecule has 29 heavy (non-hydrogen) atoms. The van der Waals surface area contributed by atoms with Crippen LogP contribution in [0.5, 0.6) is 5.75 Å². The molecule has 0 fully saturated rings. The third-order valence-corrected chi connectivity index (χ3v) is 5.62. The van der Waals surface area contributed by atoms with E-state index in [4.69, 9.17) is 32.8 Å². The Balaban J connectivity index is 2.38. The topological polar surface area (TPSA) is 51.9 Å². The van der Waals surface area contributed by atoms with E-state index in [2.05, 4.69) is 40.4 Å². The van der Waals surface area contributed by atoms with Gasteiger partial charge >= 0.3 is 0 Å². The Kier molecular flexibility index (Phi) is 9.78. The van der Waals surface area contributed by atoms with Gasteiger partial charge in [0.2, 0.25) is 0 Å². The summed E-state index contributed by atoms with van der Waals surface area (Å²) in [7, 11) is 1.56. The van der Waals surface area contributed by atoms with Crippen molar-refractivity contribution in [3.05, 3.63) is 46.0 Å². The molecule has 0 spiro atoms. The Morgan fingerprint density at radius 1 is 1.17 bits per heavy atom. The fourth-order valence-electron chi connectivity index (χ4n) is 2.94. The first kappa shape index (κ1) is 23.5. The molecule has 8 heteroatoms. The molecule has 0 saturated heterocycles. The summed E-state index contributed by atoms with van der Waals surface area (Å²) in [6.07, 6.45) is 5.82. The summed E-state index contributed by atoms with van der Waals surface area (Å²) in [6, 6.07) is 3.60. The zero-order chi connectivity index (χ0) is 21.2. The molecule has 1 aromatic carbocycles. The van der Waals surface area contributed by atoms with Gasteiger partial charge in [0, 0.05) is 31.0 Å². The van der Waals surface area contributed by atoms with Gasteiger partial charge in [0.15, 0.2) is 11.5 Å². The number of unbranched alkanes of at least 4 members (excludes halogenated alkanes) is 1. The first-order valence-electron chi connectivity index (χ1n) is 10.0. The molecule has 2 aromatic rings. The van der Waals surface area contributed by atoms with Crippen molar-refractivity contribution in [2.45, 2.75) is 40.2 Å². The number of hydrogen-bond donors (Lipinski definition) is 0. The average molecular weight is 441 g/mol. The van der Waals surface area contributed by atoms with E-state index in [0.29, 0.717) is 39.5 Å². The zero-order valence-electron chi connectivity index (χ0n) is 17.6. The smallest absolute Gasteiger partial charge is 0.162 e. The Hall–Kier alpha value is -1.76. The Labute approximate surface area is 183 Å². The van der Waals surface area contributed by atoms with Gasteiger partial charge < -0.3 is 19.0 Å². The summed E-state index contributed by atoms with van der Waals surface area (Å²) in [5, 5.41) is 5.13. The van der Waals surface area contributed by atoms with Gasteiger partial charge in [-0.15, -0.1) is 0 Å². The number of benzene rings is 1. The van der Waals surface area contributed by atoms with E-state index < -0.39 is 0 Å². The van der Waals surface area contributed by atoms with E-state index in [9.17, 15) is 0 Å². The van der Waals surface area contributed by atoms with Crippen LogP contribution in [0.15, 0.2) is 29.7 Å². The van der Waals surface area contributed by atoms with Crippen LogP contribution in [0.3, 0.4) is 0 Å². The third kappa shape index (κ3) is 6.11. The van der Waals surface area contributed by atoms with Gasteiger partial charge in [0.25, 0.3) is 0 Å². The molecule has 0 aliphatic rings. The minimum absolute atomic E-state index is 0.342. The van der Waals surface area contributed by atoms with Crippen LogP contribution < -0.4 is 4.74 Å². The fourth-order valence-corrected chi connectivity index (χ4v) is 3.43. The molecule has 0 radical (unpaired) electrons. The van der Waals surface area contributed by atoms with Crippen LogP contribution in [0.2, 0.25) is 10.0 Å². The summed E-state index contributed by atoms with van der Waals surface area (Å²) >= 11 is 12.9. The second-order valence-corrected chi connectivity index (χ2v) is 7.30. The summed E-state index contributed by atoms with van der Waals surface area (Å²) < 4.78 is 7.32. The van der Waals surface area contributed by atoms with Crippen LogP contribution in [0.25, 0.3) is 0 Å². The van der Waals surface area contributed by atoms with E-state index in [1.165, 1.54) is 0 Å². The fraction of sp³-hybridized carbons (Fsp3) is 0.524. The lowest BCUT2D eigenvalue weighted by Gasteiger charge is -2.17. The molecule has 1 aromatic heterocycles. The second kappa shape index (κ2) is 12.1. The molecule has 0 aliphatic carbocycles. The molecular weight excluding hydrogens is 411 g/mol. The molecule has 0 unspecified atom stereocenters. The maximum absolute atomic E-state index is 6.56. The number of hydrogen-bond acceptors (Lipinski definition) is 5. The molecule has 6 nitrogen and oxygen atoms in total. The summed E-state index contributed by atoms with van der Waals surface area (Å²) in [5.74, 6) is 1.21. The largest absolute Gasteiger partial charge is 0.495 e. The summed E-state index contributed by atoms with van der Waals surface area (Å²) in [5.41, 5.74) is 1.21. The first-order valence-corrected chi connectivity index (χ1v) is 10.8. The number of imidazole rings is 1. The second-order valence-electron chi connectivity index (χ2n) is 6.54. The van der Waals surface area contributed by atoms with Crippen molar-refractivity contribution >= 4 is 28.9 Å². The quantitative estimate of drug-likeness (QED) is 0.261. The average Bonchev–Trinajstić information content (AvgIpc) is 3.20. The molecule has 0 atom stereocenters. The molecular formula is C21H30Cl2N4O2. The van der Waals surface area contributed by atoms with Crippen molar-refractivity contribution in [3.8, 4) is 5.75 Å². The number of halogens is 2. The third-order valence-electron chi connectivity index (χ3n) is 4.75. The highest BCUT2D eigenvalue weighted by Gasteiger charge is 2.21. The molecule has 0 aliphatic heterocycles. The maximum Gasteiger partial charge on any atom is 0.162 e.